The molecule has 4 nitrogen and oxygen atoms in total. The lowest BCUT2D eigenvalue weighted by Gasteiger charge is -2.06. The summed E-state index contributed by atoms with van der Waals surface area (Å²) in [5.74, 6) is 5.75. The van der Waals surface area contributed by atoms with Gasteiger partial charge in [0.25, 0.3) is 0 Å². The Bertz CT molecular complexity index is 541. The third-order valence-electron chi connectivity index (χ3n) is 2.08. The van der Waals surface area contributed by atoms with Crippen molar-refractivity contribution in [3.05, 3.63) is 29.8 Å². The van der Waals surface area contributed by atoms with Crippen LogP contribution in [0.1, 0.15) is 25.3 Å². The van der Waals surface area contributed by atoms with Gasteiger partial charge in [-0.05, 0) is 24.6 Å². The fraction of sp³-hybridized carbons (Fsp3) is 0.385. The first-order valence-electron chi connectivity index (χ1n) is 5.77. The van der Waals surface area contributed by atoms with Crippen LogP contribution in [0.2, 0.25) is 0 Å². The molecule has 0 aliphatic carbocycles. The maximum atomic E-state index is 11.6. The van der Waals surface area contributed by atoms with Crippen molar-refractivity contribution in [2.75, 3.05) is 17.1 Å². The highest BCUT2D eigenvalue weighted by Gasteiger charge is 2.08. The maximum absolute atomic E-state index is 11.6. The smallest absolute Gasteiger partial charge is 0.232 e. The molecular formula is C13H17NO3S. The highest BCUT2D eigenvalue weighted by molar-refractivity contribution is 7.92. The quantitative estimate of drug-likeness (QED) is 0.796. The Labute approximate surface area is 108 Å². The maximum Gasteiger partial charge on any atom is 0.232 e. The number of aliphatic hydroxyl groups is 1. The zero-order valence-electron chi connectivity index (χ0n) is 10.3. The Morgan fingerprint density at radius 1 is 1.39 bits per heavy atom. The largest absolute Gasteiger partial charge is 0.395 e. The monoisotopic (exact) mass is 267 g/mol. The normalized spacial score (nSPS) is 10.6. The number of aliphatic hydroxyl groups excluding tert-OH is 1. The van der Waals surface area contributed by atoms with E-state index in [9.17, 15) is 8.42 Å². The zero-order valence-corrected chi connectivity index (χ0v) is 11.1. The number of hydrogen-bond acceptors (Lipinski definition) is 3. The fourth-order valence-electron chi connectivity index (χ4n) is 1.38. The molecule has 0 aliphatic rings. The minimum atomic E-state index is -3.26. The van der Waals surface area contributed by atoms with Crippen LogP contribution in [0.25, 0.3) is 0 Å². The predicted molar refractivity (Wildman–Crippen MR) is 72.7 cm³/mol. The first-order valence-corrected chi connectivity index (χ1v) is 7.43. The molecule has 0 radical (unpaired) electrons. The Morgan fingerprint density at radius 3 is 2.83 bits per heavy atom. The molecule has 0 saturated heterocycles. The molecule has 0 saturated carbocycles. The van der Waals surface area contributed by atoms with Gasteiger partial charge in [-0.3, -0.25) is 4.72 Å². The van der Waals surface area contributed by atoms with Gasteiger partial charge in [0.1, 0.15) is 0 Å². The van der Waals surface area contributed by atoms with Crippen molar-refractivity contribution in [3.8, 4) is 11.8 Å². The Morgan fingerprint density at radius 2 is 2.17 bits per heavy atom. The van der Waals surface area contributed by atoms with Gasteiger partial charge in [-0.2, -0.15) is 0 Å². The Hall–Kier alpha value is -1.51. The van der Waals surface area contributed by atoms with Crippen molar-refractivity contribution < 1.29 is 13.5 Å². The third-order valence-corrected chi connectivity index (χ3v) is 3.57. The van der Waals surface area contributed by atoms with E-state index in [0.29, 0.717) is 18.5 Å². The van der Waals surface area contributed by atoms with Gasteiger partial charge in [0.2, 0.25) is 10.0 Å². The van der Waals surface area contributed by atoms with Gasteiger partial charge < -0.3 is 5.11 Å². The third kappa shape index (κ3) is 5.21. The van der Waals surface area contributed by atoms with Gasteiger partial charge in [-0.15, -0.1) is 0 Å². The SMILES string of the molecule is CCCS(=O)(=O)Nc1cccc(C#CCCO)c1. The van der Waals surface area contributed by atoms with E-state index < -0.39 is 10.0 Å². The molecule has 18 heavy (non-hydrogen) atoms. The first kappa shape index (κ1) is 14.6. The minimum absolute atomic E-state index is 0.0236. The van der Waals surface area contributed by atoms with Gasteiger partial charge in [0, 0.05) is 17.7 Å². The van der Waals surface area contributed by atoms with Gasteiger partial charge in [-0.1, -0.05) is 24.8 Å². The summed E-state index contributed by atoms with van der Waals surface area (Å²) in [6.45, 7) is 1.84. The molecular weight excluding hydrogens is 250 g/mol. The summed E-state index contributed by atoms with van der Waals surface area (Å²) in [4.78, 5) is 0. The molecule has 1 aromatic carbocycles. The molecule has 0 heterocycles. The topological polar surface area (TPSA) is 66.4 Å². The van der Waals surface area contributed by atoms with E-state index in [1.54, 1.807) is 24.3 Å². The lowest BCUT2D eigenvalue weighted by molar-refractivity contribution is 0.305. The molecule has 0 unspecified atom stereocenters. The van der Waals surface area contributed by atoms with Crippen molar-refractivity contribution in [1.29, 1.82) is 0 Å². The number of rotatable bonds is 5. The fourth-order valence-corrected chi connectivity index (χ4v) is 2.51. The number of benzene rings is 1. The van der Waals surface area contributed by atoms with Gasteiger partial charge in [-0.25, -0.2) is 8.42 Å². The number of anilines is 1. The Kier molecular flexibility index (Phi) is 5.69. The van der Waals surface area contributed by atoms with Crippen molar-refractivity contribution in [2.24, 2.45) is 0 Å². The first-order chi connectivity index (χ1) is 8.57. The van der Waals surface area contributed by atoms with Crippen LogP contribution in [0.5, 0.6) is 0 Å². The summed E-state index contributed by atoms with van der Waals surface area (Å²) in [7, 11) is -3.26. The highest BCUT2D eigenvalue weighted by Crippen LogP contribution is 2.12. The molecule has 0 amide bonds. The molecule has 0 bridgehead atoms. The minimum Gasteiger partial charge on any atom is -0.395 e. The molecule has 0 fully saturated rings. The van der Waals surface area contributed by atoms with Gasteiger partial charge >= 0.3 is 0 Å². The molecule has 5 heteroatoms. The summed E-state index contributed by atoms with van der Waals surface area (Å²) in [6.07, 6.45) is 0.983. The summed E-state index contributed by atoms with van der Waals surface area (Å²) in [5.41, 5.74) is 1.24. The molecule has 0 aromatic heterocycles. The molecule has 0 atom stereocenters. The highest BCUT2D eigenvalue weighted by atomic mass is 32.2. The molecule has 98 valence electrons. The second-order valence-corrected chi connectivity index (χ2v) is 5.62. The number of sulfonamides is 1. The van der Waals surface area contributed by atoms with Crippen molar-refractivity contribution in [2.45, 2.75) is 19.8 Å². The van der Waals surface area contributed by atoms with Crippen LogP contribution < -0.4 is 4.72 Å². The van der Waals surface area contributed by atoms with E-state index in [-0.39, 0.29) is 12.4 Å². The lowest BCUT2D eigenvalue weighted by atomic mass is 10.2. The van der Waals surface area contributed by atoms with Crippen molar-refractivity contribution >= 4 is 15.7 Å². The summed E-state index contributed by atoms with van der Waals surface area (Å²) in [6, 6.07) is 6.90. The molecule has 2 N–H and O–H groups in total. The van der Waals surface area contributed by atoms with Crippen molar-refractivity contribution in [1.82, 2.24) is 0 Å². The van der Waals surface area contributed by atoms with Gasteiger partial charge in [0.05, 0.1) is 12.4 Å². The summed E-state index contributed by atoms with van der Waals surface area (Å²) in [5, 5.41) is 8.62. The number of nitrogens with one attached hydrogen (secondary N) is 1. The molecule has 1 aromatic rings. The average molecular weight is 267 g/mol. The van der Waals surface area contributed by atoms with E-state index in [2.05, 4.69) is 16.6 Å². The predicted octanol–water partition coefficient (Wildman–Crippen LogP) is 1.57. The number of hydrogen-bond donors (Lipinski definition) is 2. The summed E-state index contributed by atoms with van der Waals surface area (Å²) >= 11 is 0. The van der Waals surface area contributed by atoms with Crippen LogP contribution in [-0.2, 0) is 10.0 Å². The van der Waals surface area contributed by atoms with Crippen LogP contribution in [0.15, 0.2) is 24.3 Å². The van der Waals surface area contributed by atoms with E-state index in [1.165, 1.54) is 0 Å². The van der Waals surface area contributed by atoms with Crippen LogP contribution in [0.3, 0.4) is 0 Å². The standard InChI is InChI=1S/C13H17NO3S/c1-2-10-18(16,17)14-13-8-5-7-12(11-13)6-3-4-9-15/h5,7-8,11,14-15H,2,4,9-10H2,1H3. The Balaban J connectivity index is 2.81. The molecule has 1 rings (SSSR count). The molecule has 0 spiro atoms. The lowest BCUT2D eigenvalue weighted by Crippen LogP contribution is -2.16. The zero-order chi connectivity index (χ0) is 13.4. The average Bonchev–Trinajstić information content (AvgIpc) is 2.29. The van der Waals surface area contributed by atoms with Crippen LogP contribution in [0, 0.1) is 11.8 Å². The van der Waals surface area contributed by atoms with E-state index in [0.717, 1.165) is 5.56 Å². The van der Waals surface area contributed by atoms with Crippen LogP contribution in [0.4, 0.5) is 5.69 Å². The summed E-state index contributed by atoms with van der Waals surface area (Å²) < 4.78 is 25.7. The van der Waals surface area contributed by atoms with Crippen LogP contribution >= 0.6 is 0 Å². The van der Waals surface area contributed by atoms with Crippen molar-refractivity contribution in [3.63, 3.8) is 0 Å². The van der Waals surface area contributed by atoms with E-state index in [1.807, 2.05) is 6.92 Å². The van der Waals surface area contributed by atoms with Crippen LogP contribution in [-0.4, -0.2) is 25.9 Å². The van der Waals surface area contributed by atoms with E-state index >= 15 is 0 Å². The van der Waals surface area contributed by atoms with E-state index in [4.69, 9.17) is 5.11 Å². The second-order valence-electron chi connectivity index (χ2n) is 3.78. The molecule has 0 aliphatic heterocycles. The van der Waals surface area contributed by atoms with Gasteiger partial charge in [0.15, 0.2) is 0 Å². The second kappa shape index (κ2) is 7.04.